The lowest BCUT2D eigenvalue weighted by Gasteiger charge is -2.58. The molecule has 0 aromatic rings. The van der Waals surface area contributed by atoms with Crippen LogP contribution in [0.5, 0.6) is 0 Å². The summed E-state index contributed by atoms with van der Waals surface area (Å²) in [4.78, 5) is 0. The number of hydrogen-bond donors (Lipinski definition) is 11. The Labute approximate surface area is 422 Å². The fourth-order valence-corrected chi connectivity index (χ4v) is 15.8. The Morgan fingerprint density at radius 2 is 1.33 bits per heavy atom. The van der Waals surface area contributed by atoms with E-state index >= 15 is 0 Å². The van der Waals surface area contributed by atoms with Gasteiger partial charge >= 0.3 is 0 Å². The van der Waals surface area contributed by atoms with E-state index in [9.17, 15) is 51.1 Å². The lowest BCUT2D eigenvalue weighted by atomic mass is 9.47. The monoisotopic (exact) mass is 1030 g/mol. The number of fused-ring (bicyclic) bond motifs is 7. The molecule has 11 N–H and O–H groups in total. The van der Waals surface area contributed by atoms with Gasteiger partial charge in [0.2, 0.25) is 0 Å². The summed E-state index contributed by atoms with van der Waals surface area (Å²) in [7, 11) is 0. The van der Waals surface area contributed by atoms with E-state index in [1.807, 2.05) is 0 Å². The summed E-state index contributed by atoms with van der Waals surface area (Å²) in [5.74, 6) is 3.23. The van der Waals surface area contributed by atoms with Crippen LogP contribution in [0.15, 0.2) is 11.6 Å². The van der Waals surface area contributed by atoms with E-state index in [0.717, 1.165) is 38.6 Å². The molecule has 1 spiro atoms. The largest absolute Gasteiger partial charge is 0.396 e. The molecule has 0 radical (unpaired) electrons. The van der Waals surface area contributed by atoms with Gasteiger partial charge in [-0.3, -0.25) is 5.32 Å². The van der Waals surface area contributed by atoms with Gasteiger partial charge in [-0.2, -0.15) is 0 Å². The van der Waals surface area contributed by atoms with Gasteiger partial charge in [-0.1, -0.05) is 39.3 Å². The minimum atomic E-state index is -1.77. The molecule has 72 heavy (non-hydrogen) atoms. The zero-order valence-electron chi connectivity index (χ0n) is 42.7. The number of ether oxygens (including phenoxy) is 9. The van der Waals surface area contributed by atoms with E-state index in [1.165, 1.54) is 38.7 Å². The maximum atomic E-state index is 12.5. The molecule has 1 unspecified atom stereocenters. The Morgan fingerprint density at radius 1 is 0.667 bits per heavy atom. The van der Waals surface area contributed by atoms with E-state index in [4.69, 9.17) is 42.6 Å². The number of allylic oxidation sites excluding steroid dienone is 1. The van der Waals surface area contributed by atoms with E-state index in [-0.39, 0.29) is 29.1 Å². The van der Waals surface area contributed by atoms with Crippen molar-refractivity contribution in [2.45, 2.75) is 247 Å². The highest BCUT2D eigenvalue weighted by molar-refractivity contribution is 5.27. The van der Waals surface area contributed by atoms with Crippen molar-refractivity contribution in [3.63, 3.8) is 0 Å². The van der Waals surface area contributed by atoms with E-state index < -0.39 is 136 Å². The Balaban J connectivity index is 0.873. The molecule has 20 heteroatoms. The maximum Gasteiger partial charge on any atom is 0.187 e. The zero-order valence-corrected chi connectivity index (χ0v) is 42.7. The number of nitrogens with one attached hydrogen (secondary N) is 1. The standard InChI is InChI=1S/C52H85NO19/c1-22-8-7-14-52(53-20-22)23(2)34-33(72-52)19-30-28-10-9-26-18-27(11-15-50(26,5)29(28)12-16-51(30,34)6)67-49-45(71-47-41(62)38(59)35(56)24(3)65-47)42(63)43(32(68-49)13-17-54)69-48-44(39(60)36(57)25(4)66-48)70-46-40(61)37(58)31(55)21-64-46/h9,22-25,27-49,53-63H,7-8,10-21H2,1-6H3/t22-,23+,24+,25+,27+,28-,29+,30+,31-,32-,33+,34+,35+,36+,37+,38-,39-,40-,41-,42+,43-,44-,45-,46+,47+,48+,49?,50+,51+,52-/m1/s1. The summed E-state index contributed by atoms with van der Waals surface area (Å²) in [6, 6.07) is 0. The fraction of sp³-hybridized carbons (Fsp3) is 0.962. The topological polar surface area (TPSA) is 297 Å². The molecule has 10 aliphatic rings. The van der Waals surface area contributed by atoms with Crippen LogP contribution in [0, 0.1) is 46.3 Å². The number of aliphatic hydroxyl groups excluding tert-OH is 10. The fourth-order valence-electron chi connectivity index (χ4n) is 15.8. The average Bonchev–Trinajstić information content (AvgIpc) is 3.71. The van der Waals surface area contributed by atoms with E-state index in [1.54, 1.807) is 0 Å². The van der Waals surface area contributed by atoms with Gasteiger partial charge in [-0.25, -0.2) is 0 Å². The number of rotatable bonds is 10. The van der Waals surface area contributed by atoms with Gasteiger partial charge in [0.1, 0.15) is 79.0 Å². The van der Waals surface area contributed by atoms with Crippen LogP contribution in [0.3, 0.4) is 0 Å². The van der Waals surface area contributed by atoms with Crippen LogP contribution in [0.4, 0.5) is 0 Å². The second-order valence-electron chi connectivity index (χ2n) is 24.2. The molecule has 0 aromatic carbocycles. The summed E-state index contributed by atoms with van der Waals surface area (Å²) in [6.07, 6.45) is -16.2. The highest BCUT2D eigenvalue weighted by Crippen LogP contribution is 2.70. The molecule has 6 saturated heterocycles. The molecular weight excluding hydrogens is 943 g/mol. The predicted octanol–water partition coefficient (Wildman–Crippen LogP) is 0.0582. The van der Waals surface area contributed by atoms with Gasteiger partial charge in [-0.15, -0.1) is 0 Å². The molecule has 20 nitrogen and oxygen atoms in total. The van der Waals surface area contributed by atoms with E-state index in [0.29, 0.717) is 48.3 Å². The molecule has 412 valence electrons. The molecule has 3 saturated carbocycles. The SMILES string of the molecule is C[C@@H]1CCC[C@@]2(NC1)O[C@H]1C[C@H]3[C@@H]4CC=C5C[C@@H](OC6O[C@H](CCO)[C@@H](O[C@@H]7O[C@@H](C)[C@H](O)[C@@H](O)[C@H]7O[C@@H]7OC[C@@H](O)[C@H](O)[C@H]7O)[C@H](O)[C@H]6O[C@@H]6O[C@@H](C)[C@H](O)[C@@H](O)[C@H]6O)CC[C@]5(C)[C@H]4CC[C@]3(C)[C@H]1[C@@H]2C. The van der Waals surface area contributed by atoms with Crippen molar-refractivity contribution in [3.8, 4) is 0 Å². The van der Waals surface area contributed by atoms with Crippen LogP contribution in [-0.2, 0) is 42.6 Å². The molecule has 0 aromatic heterocycles. The van der Waals surface area contributed by atoms with Gasteiger partial charge in [-0.05, 0) is 125 Å². The van der Waals surface area contributed by atoms with Crippen molar-refractivity contribution < 1.29 is 93.7 Å². The Morgan fingerprint density at radius 3 is 2.08 bits per heavy atom. The smallest absolute Gasteiger partial charge is 0.187 e. The predicted molar refractivity (Wildman–Crippen MR) is 251 cm³/mol. The van der Waals surface area contributed by atoms with Crippen LogP contribution in [0.2, 0.25) is 0 Å². The third kappa shape index (κ3) is 9.41. The van der Waals surface area contributed by atoms with Gasteiger partial charge in [0.05, 0.1) is 37.1 Å². The van der Waals surface area contributed by atoms with Crippen LogP contribution in [0.1, 0.15) is 112 Å². The Bertz CT molecular complexity index is 1900. The van der Waals surface area contributed by atoms with Crippen molar-refractivity contribution in [1.82, 2.24) is 5.32 Å². The second-order valence-corrected chi connectivity index (χ2v) is 24.2. The quantitative estimate of drug-likeness (QED) is 0.129. The molecule has 10 rings (SSSR count). The van der Waals surface area contributed by atoms with Gasteiger partial charge in [0.15, 0.2) is 25.2 Å². The molecule has 6 heterocycles. The summed E-state index contributed by atoms with van der Waals surface area (Å²) < 4.78 is 56.6. The zero-order chi connectivity index (χ0) is 51.3. The average molecular weight is 1030 g/mol. The highest BCUT2D eigenvalue weighted by atomic mass is 16.8. The minimum absolute atomic E-state index is 0.0483. The Kier molecular flexibility index (Phi) is 15.8. The first kappa shape index (κ1) is 54.3. The van der Waals surface area contributed by atoms with Gasteiger partial charge in [0.25, 0.3) is 0 Å². The van der Waals surface area contributed by atoms with Gasteiger partial charge in [0, 0.05) is 19.1 Å². The van der Waals surface area contributed by atoms with Crippen molar-refractivity contribution in [3.05, 3.63) is 11.6 Å². The Hall–Kier alpha value is -1.06. The normalized spacial score (nSPS) is 56.9. The molecule has 9 fully saturated rings. The van der Waals surface area contributed by atoms with Crippen molar-refractivity contribution >= 4 is 0 Å². The molecular formula is C52H85NO19. The van der Waals surface area contributed by atoms with Crippen molar-refractivity contribution in [2.24, 2.45) is 46.3 Å². The first-order chi connectivity index (χ1) is 34.2. The molecule has 30 atom stereocenters. The third-order valence-corrected chi connectivity index (χ3v) is 20.1. The van der Waals surface area contributed by atoms with Crippen molar-refractivity contribution in [1.29, 1.82) is 0 Å². The first-order valence-corrected chi connectivity index (χ1v) is 27.2. The molecule has 0 amide bonds. The molecule has 6 aliphatic heterocycles. The minimum Gasteiger partial charge on any atom is -0.396 e. The van der Waals surface area contributed by atoms with Crippen LogP contribution in [0.25, 0.3) is 0 Å². The summed E-state index contributed by atoms with van der Waals surface area (Å²) in [5.41, 5.74) is 1.27. The molecule has 0 bridgehead atoms. The lowest BCUT2D eigenvalue weighted by Crippen LogP contribution is -2.67. The maximum absolute atomic E-state index is 12.5. The van der Waals surface area contributed by atoms with Crippen LogP contribution in [-0.4, -0.2) is 205 Å². The highest BCUT2D eigenvalue weighted by Gasteiger charge is 2.68. The first-order valence-electron chi connectivity index (χ1n) is 27.2. The van der Waals surface area contributed by atoms with Crippen LogP contribution >= 0.6 is 0 Å². The summed E-state index contributed by atoms with van der Waals surface area (Å²) in [6.45, 7) is 12.9. The van der Waals surface area contributed by atoms with E-state index in [2.05, 4.69) is 39.1 Å². The van der Waals surface area contributed by atoms with Crippen LogP contribution < -0.4 is 5.32 Å². The van der Waals surface area contributed by atoms with Crippen molar-refractivity contribution in [2.75, 3.05) is 19.8 Å². The summed E-state index contributed by atoms with van der Waals surface area (Å²) >= 11 is 0. The number of hydrogen-bond acceptors (Lipinski definition) is 20. The second kappa shape index (κ2) is 21.0. The number of aliphatic hydroxyl groups is 10. The lowest BCUT2D eigenvalue weighted by molar-refractivity contribution is -0.397. The molecule has 4 aliphatic carbocycles. The third-order valence-electron chi connectivity index (χ3n) is 20.1. The van der Waals surface area contributed by atoms with Gasteiger partial charge < -0.3 is 93.7 Å². The summed E-state index contributed by atoms with van der Waals surface area (Å²) in [5, 5.41) is 113.